The van der Waals surface area contributed by atoms with Gasteiger partial charge >= 0.3 is 5.97 Å². The van der Waals surface area contributed by atoms with Gasteiger partial charge in [0.25, 0.3) is 5.91 Å². The predicted molar refractivity (Wildman–Crippen MR) is 88.9 cm³/mol. The Bertz CT molecular complexity index is 638. The number of nitrogens with zero attached hydrogens (tertiary/aromatic N) is 2. The van der Waals surface area contributed by atoms with Gasteiger partial charge < -0.3 is 4.74 Å². The third kappa shape index (κ3) is 3.76. The van der Waals surface area contributed by atoms with Gasteiger partial charge in [-0.05, 0) is 49.1 Å². The lowest BCUT2D eigenvalue weighted by Crippen LogP contribution is -2.35. The Labute approximate surface area is 142 Å². The number of nitriles is 1. The summed E-state index contributed by atoms with van der Waals surface area (Å²) in [6, 6.07) is 10.9. The summed E-state index contributed by atoms with van der Waals surface area (Å²) in [5, 5.41) is 8.92. The second kappa shape index (κ2) is 7.48. The quantitative estimate of drug-likeness (QED) is 0.595. The minimum atomic E-state index is -0.371. The molecule has 2 aliphatic carbocycles. The summed E-state index contributed by atoms with van der Waals surface area (Å²) in [5.74, 6) is 1.21. The number of benzene rings is 1. The Kier molecular flexibility index (Phi) is 5.14. The number of para-hydroxylation sites is 1. The molecule has 3 atom stereocenters. The van der Waals surface area contributed by atoms with Crippen LogP contribution in [-0.2, 0) is 14.3 Å². The first-order chi connectivity index (χ1) is 11.7. The van der Waals surface area contributed by atoms with E-state index in [1.54, 1.807) is 24.3 Å². The van der Waals surface area contributed by atoms with Crippen molar-refractivity contribution in [1.82, 2.24) is 0 Å². The van der Waals surface area contributed by atoms with E-state index >= 15 is 0 Å². The first-order valence-corrected chi connectivity index (χ1v) is 8.55. The first-order valence-electron chi connectivity index (χ1n) is 8.55. The van der Waals surface area contributed by atoms with Gasteiger partial charge in [-0.2, -0.15) is 5.26 Å². The highest BCUT2D eigenvalue weighted by atomic mass is 16.5. The largest absolute Gasteiger partial charge is 0.456 e. The number of amides is 1. The van der Waals surface area contributed by atoms with Crippen LogP contribution in [0.2, 0.25) is 0 Å². The molecule has 2 saturated carbocycles. The van der Waals surface area contributed by atoms with Crippen molar-refractivity contribution in [3.8, 4) is 6.07 Å². The maximum absolute atomic E-state index is 12.3. The SMILES string of the molecule is N#CCN(C(=O)COC(=O)C[C@H]1C[C@H]2CC[C@@H]1C2)c1ccccc1. The van der Waals surface area contributed by atoms with Crippen molar-refractivity contribution in [2.75, 3.05) is 18.1 Å². The van der Waals surface area contributed by atoms with Crippen LogP contribution in [0.4, 0.5) is 5.69 Å². The van der Waals surface area contributed by atoms with Crippen molar-refractivity contribution in [2.45, 2.75) is 32.1 Å². The van der Waals surface area contributed by atoms with Gasteiger partial charge in [-0.1, -0.05) is 24.6 Å². The summed E-state index contributed by atoms with van der Waals surface area (Å²) in [4.78, 5) is 25.7. The number of hydrogen-bond acceptors (Lipinski definition) is 4. The molecule has 5 nitrogen and oxygen atoms in total. The van der Waals surface area contributed by atoms with E-state index in [2.05, 4.69) is 0 Å². The molecular formula is C19H22N2O3. The minimum Gasteiger partial charge on any atom is -0.456 e. The lowest BCUT2D eigenvalue weighted by atomic mass is 9.86. The molecular weight excluding hydrogens is 304 g/mol. The van der Waals surface area contributed by atoms with Gasteiger partial charge in [-0.3, -0.25) is 14.5 Å². The molecule has 5 heteroatoms. The number of fused-ring (bicyclic) bond motifs is 2. The number of rotatable bonds is 6. The maximum atomic E-state index is 12.3. The molecule has 24 heavy (non-hydrogen) atoms. The van der Waals surface area contributed by atoms with Crippen molar-refractivity contribution in [3.05, 3.63) is 30.3 Å². The Morgan fingerprint density at radius 1 is 1.21 bits per heavy atom. The Morgan fingerprint density at radius 2 is 2.00 bits per heavy atom. The van der Waals surface area contributed by atoms with E-state index in [1.165, 1.54) is 24.2 Å². The number of esters is 1. The van der Waals surface area contributed by atoms with Crippen molar-refractivity contribution in [1.29, 1.82) is 5.26 Å². The average Bonchev–Trinajstić information content (AvgIpc) is 3.21. The predicted octanol–water partition coefficient (Wildman–Crippen LogP) is 2.91. The molecule has 2 fully saturated rings. The molecule has 0 unspecified atom stereocenters. The van der Waals surface area contributed by atoms with Crippen molar-refractivity contribution >= 4 is 17.6 Å². The lowest BCUT2D eigenvalue weighted by Gasteiger charge is -2.22. The van der Waals surface area contributed by atoms with Crippen LogP contribution in [0.5, 0.6) is 0 Å². The van der Waals surface area contributed by atoms with E-state index in [4.69, 9.17) is 10.00 Å². The van der Waals surface area contributed by atoms with Gasteiger partial charge in [0.15, 0.2) is 6.61 Å². The summed E-state index contributed by atoms with van der Waals surface area (Å²) in [7, 11) is 0. The van der Waals surface area contributed by atoms with E-state index in [-0.39, 0.29) is 25.0 Å². The Hall–Kier alpha value is -2.35. The van der Waals surface area contributed by atoms with Gasteiger partial charge in [-0.15, -0.1) is 0 Å². The zero-order chi connectivity index (χ0) is 16.9. The van der Waals surface area contributed by atoms with Crippen LogP contribution in [0.15, 0.2) is 30.3 Å². The van der Waals surface area contributed by atoms with Crippen LogP contribution < -0.4 is 4.90 Å². The number of hydrogen-bond donors (Lipinski definition) is 0. The highest BCUT2D eigenvalue weighted by Gasteiger charge is 2.40. The van der Waals surface area contributed by atoms with Crippen LogP contribution in [0.25, 0.3) is 0 Å². The Balaban J connectivity index is 1.50. The average molecular weight is 326 g/mol. The number of carbonyl (C=O) groups is 2. The van der Waals surface area contributed by atoms with Crippen LogP contribution >= 0.6 is 0 Å². The topological polar surface area (TPSA) is 70.4 Å². The van der Waals surface area contributed by atoms with E-state index in [9.17, 15) is 9.59 Å². The van der Waals surface area contributed by atoms with Gasteiger partial charge in [-0.25, -0.2) is 0 Å². The van der Waals surface area contributed by atoms with Gasteiger partial charge in [0, 0.05) is 12.1 Å². The van der Waals surface area contributed by atoms with Crippen LogP contribution in [0, 0.1) is 29.1 Å². The fraction of sp³-hybridized carbons (Fsp3) is 0.526. The molecule has 0 aliphatic heterocycles. The molecule has 1 aromatic rings. The normalized spacial score (nSPS) is 24.4. The summed E-state index contributed by atoms with van der Waals surface area (Å²) >= 11 is 0. The molecule has 3 rings (SSSR count). The lowest BCUT2D eigenvalue weighted by molar-refractivity contribution is -0.149. The summed E-state index contributed by atoms with van der Waals surface area (Å²) < 4.78 is 5.18. The van der Waals surface area contributed by atoms with Crippen LogP contribution in [0.1, 0.15) is 32.1 Å². The summed E-state index contributed by atoms with van der Waals surface area (Å²) in [5.41, 5.74) is 0.633. The van der Waals surface area contributed by atoms with E-state index in [0.717, 1.165) is 12.3 Å². The van der Waals surface area contributed by atoms with Crippen molar-refractivity contribution in [3.63, 3.8) is 0 Å². The molecule has 2 bridgehead atoms. The highest BCUT2D eigenvalue weighted by molar-refractivity contribution is 5.95. The molecule has 0 spiro atoms. The van der Waals surface area contributed by atoms with Gasteiger partial charge in [0.1, 0.15) is 6.54 Å². The fourth-order valence-electron chi connectivity index (χ4n) is 4.12. The molecule has 0 N–H and O–H groups in total. The molecule has 0 radical (unpaired) electrons. The molecule has 1 aromatic carbocycles. The molecule has 0 aromatic heterocycles. The van der Waals surface area contributed by atoms with E-state index < -0.39 is 0 Å². The van der Waals surface area contributed by atoms with E-state index in [1.807, 2.05) is 12.1 Å². The van der Waals surface area contributed by atoms with Crippen molar-refractivity contribution in [2.24, 2.45) is 17.8 Å². The monoisotopic (exact) mass is 326 g/mol. The second-order valence-electron chi connectivity index (χ2n) is 6.77. The smallest absolute Gasteiger partial charge is 0.306 e. The van der Waals surface area contributed by atoms with Crippen LogP contribution in [0.3, 0.4) is 0 Å². The second-order valence-corrected chi connectivity index (χ2v) is 6.77. The van der Waals surface area contributed by atoms with Crippen LogP contribution in [-0.4, -0.2) is 25.0 Å². The zero-order valence-electron chi connectivity index (χ0n) is 13.7. The third-order valence-corrected chi connectivity index (χ3v) is 5.27. The molecule has 126 valence electrons. The van der Waals surface area contributed by atoms with Gasteiger partial charge in [0.2, 0.25) is 0 Å². The molecule has 0 saturated heterocycles. The number of carbonyl (C=O) groups excluding carboxylic acids is 2. The van der Waals surface area contributed by atoms with Crippen molar-refractivity contribution < 1.29 is 14.3 Å². The summed E-state index contributed by atoms with van der Waals surface area (Å²) in [6.07, 6.45) is 5.32. The minimum absolute atomic E-state index is 0.0627. The number of anilines is 1. The number of ether oxygens (including phenoxy) is 1. The zero-order valence-corrected chi connectivity index (χ0v) is 13.7. The highest BCUT2D eigenvalue weighted by Crippen LogP contribution is 2.49. The molecule has 1 amide bonds. The van der Waals surface area contributed by atoms with E-state index in [0.29, 0.717) is 23.9 Å². The maximum Gasteiger partial charge on any atom is 0.306 e. The summed E-state index contributed by atoms with van der Waals surface area (Å²) in [6.45, 7) is -0.372. The van der Waals surface area contributed by atoms with Gasteiger partial charge in [0.05, 0.1) is 6.07 Å². The molecule has 2 aliphatic rings. The Morgan fingerprint density at radius 3 is 2.62 bits per heavy atom. The first kappa shape index (κ1) is 16.5. The standard InChI is InChI=1S/C19H22N2O3/c20-8-9-21(17-4-2-1-3-5-17)18(22)13-24-19(23)12-16-11-14-6-7-15(16)10-14/h1-5,14-16H,6-7,9-13H2/t14-,15+,16+/m0/s1. The fourth-order valence-corrected chi connectivity index (χ4v) is 4.12. The third-order valence-electron chi connectivity index (χ3n) is 5.27. The molecule has 0 heterocycles.